The Morgan fingerprint density at radius 1 is 1.25 bits per heavy atom. The van der Waals surface area contributed by atoms with E-state index in [2.05, 4.69) is 10.6 Å². The van der Waals surface area contributed by atoms with Gasteiger partial charge in [-0.05, 0) is 37.1 Å². The molecular weight excluding hydrogens is 328 g/mol. The molecule has 0 saturated heterocycles. The maximum absolute atomic E-state index is 11.8. The molecule has 1 aliphatic rings. The van der Waals surface area contributed by atoms with Gasteiger partial charge in [-0.15, -0.1) is 11.3 Å². The van der Waals surface area contributed by atoms with Crippen LogP contribution in [-0.4, -0.2) is 23.0 Å². The zero-order chi connectivity index (χ0) is 16.9. The Hall–Kier alpha value is -2.12. The molecule has 3 rings (SSSR count). The number of carbonyl (C=O) groups excluding carboxylic acids is 2. The minimum atomic E-state index is -0.819. The van der Waals surface area contributed by atoms with Gasteiger partial charge in [0, 0.05) is 15.8 Å². The van der Waals surface area contributed by atoms with E-state index in [0.29, 0.717) is 5.76 Å². The largest absolute Gasteiger partial charge is 0.466 e. The van der Waals surface area contributed by atoms with Crippen molar-refractivity contribution in [3.05, 3.63) is 46.0 Å². The summed E-state index contributed by atoms with van der Waals surface area (Å²) < 4.78 is 5.19. The summed E-state index contributed by atoms with van der Waals surface area (Å²) >= 11 is 1.37. The molecule has 1 unspecified atom stereocenters. The summed E-state index contributed by atoms with van der Waals surface area (Å²) in [5.41, 5.74) is 0. The number of nitrogens with one attached hydrogen (secondary N) is 2. The lowest BCUT2D eigenvalue weighted by Crippen LogP contribution is -2.43. The van der Waals surface area contributed by atoms with Crippen molar-refractivity contribution in [2.45, 2.75) is 44.4 Å². The number of thiophene rings is 1. The van der Waals surface area contributed by atoms with E-state index in [0.717, 1.165) is 35.4 Å². The molecule has 0 radical (unpaired) electrons. The number of aliphatic hydroxyl groups is 1. The van der Waals surface area contributed by atoms with Gasteiger partial charge in [-0.2, -0.15) is 0 Å². The lowest BCUT2D eigenvalue weighted by Gasteiger charge is -2.11. The molecule has 1 saturated carbocycles. The molecule has 0 bridgehead atoms. The highest BCUT2D eigenvalue weighted by atomic mass is 32.1. The highest BCUT2D eigenvalue weighted by Gasteiger charge is 2.21. The fraction of sp³-hybridized carbons (Fsp3) is 0.412. The van der Waals surface area contributed by atoms with Crippen molar-refractivity contribution in [3.63, 3.8) is 0 Å². The van der Waals surface area contributed by atoms with Gasteiger partial charge in [0.2, 0.25) is 0 Å². The van der Waals surface area contributed by atoms with Gasteiger partial charge >= 0.3 is 11.8 Å². The molecule has 2 heterocycles. The fourth-order valence-corrected chi connectivity index (χ4v) is 3.74. The van der Waals surface area contributed by atoms with E-state index >= 15 is 0 Å². The predicted octanol–water partition coefficient (Wildman–Crippen LogP) is 2.10. The summed E-state index contributed by atoms with van der Waals surface area (Å²) in [7, 11) is 0. The summed E-state index contributed by atoms with van der Waals surface area (Å²) in [6.45, 7) is 0.256. The number of aliphatic hydroxyl groups excluding tert-OH is 1. The summed E-state index contributed by atoms with van der Waals surface area (Å²) in [5.74, 6) is -0.721. The van der Waals surface area contributed by atoms with Crippen molar-refractivity contribution in [1.29, 1.82) is 0 Å². The van der Waals surface area contributed by atoms with Crippen LogP contribution in [0.1, 0.15) is 47.3 Å². The monoisotopic (exact) mass is 348 g/mol. The number of hydrogen-bond donors (Lipinski definition) is 3. The molecule has 0 aliphatic heterocycles. The van der Waals surface area contributed by atoms with E-state index in [9.17, 15) is 14.7 Å². The molecular formula is C17H20N2O4S. The summed E-state index contributed by atoms with van der Waals surface area (Å²) in [5, 5.41) is 15.6. The third-order valence-electron chi connectivity index (χ3n) is 4.08. The van der Waals surface area contributed by atoms with Crippen LogP contribution in [0.25, 0.3) is 0 Å². The SMILES string of the molecule is O=C(NCc1ccc(C(O)c2ccco2)s1)C(=O)NC1CCCC1. The molecule has 3 N–H and O–H groups in total. The molecule has 2 aromatic heterocycles. The Bertz CT molecular complexity index is 689. The minimum absolute atomic E-state index is 0.125. The molecule has 1 fully saturated rings. The Morgan fingerprint density at radius 2 is 2.04 bits per heavy atom. The second-order valence-corrected chi connectivity index (χ2v) is 7.06. The van der Waals surface area contributed by atoms with Gasteiger partial charge in [0.1, 0.15) is 11.9 Å². The molecule has 0 aromatic carbocycles. The standard InChI is InChI=1S/C17H20N2O4S/c20-15(13-6-3-9-23-13)14-8-7-12(24-14)10-18-16(21)17(22)19-11-4-1-2-5-11/h3,6-9,11,15,20H,1-2,4-5,10H2,(H,18,21)(H,19,22). The lowest BCUT2D eigenvalue weighted by molar-refractivity contribution is -0.139. The van der Waals surface area contributed by atoms with E-state index in [1.54, 1.807) is 18.2 Å². The van der Waals surface area contributed by atoms with E-state index in [1.807, 2.05) is 6.07 Å². The van der Waals surface area contributed by atoms with Crippen LogP contribution in [0.5, 0.6) is 0 Å². The van der Waals surface area contributed by atoms with Gasteiger partial charge in [0.05, 0.1) is 12.8 Å². The van der Waals surface area contributed by atoms with Crippen molar-refractivity contribution in [1.82, 2.24) is 10.6 Å². The number of rotatable bonds is 5. The second kappa shape index (κ2) is 7.63. The van der Waals surface area contributed by atoms with Gasteiger partial charge in [0.25, 0.3) is 0 Å². The average Bonchev–Trinajstić information content (AvgIpc) is 3.33. The molecule has 7 heteroatoms. The van der Waals surface area contributed by atoms with E-state index in [-0.39, 0.29) is 12.6 Å². The van der Waals surface area contributed by atoms with Crippen LogP contribution in [0.4, 0.5) is 0 Å². The maximum atomic E-state index is 11.8. The van der Waals surface area contributed by atoms with Crippen LogP contribution in [0.3, 0.4) is 0 Å². The van der Waals surface area contributed by atoms with Crippen LogP contribution >= 0.6 is 11.3 Å². The highest BCUT2D eigenvalue weighted by Crippen LogP contribution is 2.28. The quantitative estimate of drug-likeness (QED) is 0.722. The first-order valence-corrected chi connectivity index (χ1v) is 8.84. The number of hydrogen-bond acceptors (Lipinski definition) is 5. The molecule has 1 aliphatic carbocycles. The number of furan rings is 1. The number of amides is 2. The first kappa shape index (κ1) is 16.7. The average molecular weight is 348 g/mol. The van der Waals surface area contributed by atoms with Gasteiger partial charge in [-0.1, -0.05) is 12.8 Å². The third kappa shape index (κ3) is 4.04. The summed E-state index contributed by atoms with van der Waals surface area (Å²) in [6, 6.07) is 7.16. The molecule has 6 nitrogen and oxygen atoms in total. The molecule has 0 spiro atoms. The summed E-state index contributed by atoms with van der Waals surface area (Å²) in [4.78, 5) is 25.3. The highest BCUT2D eigenvalue weighted by molar-refractivity contribution is 7.12. The van der Waals surface area contributed by atoms with Crippen molar-refractivity contribution in [2.75, 3.05) is 0 Å². The van der Waals surface area contributed by atoms with Crippen molar-refractivity contribution >= 4 is 23.2 Å². The van der Waals surface area contributed by atoms with Gasteiger partial charge in [-0.25, -0.2) is 0 Å². The van der Waals surface area contributed by atoms with Crippen LogP contribution in [0.15, 0.2) is 34.9 Å². The normalized spacial score (nSPS) is 16.0. The first-order chi connectivity index (χ1) is 11.6. The zero-order valence-corrected chi connectivity index (χ0v) is 14.0. The summed E-state index contributed by atoms with van der Waals surface area (Å²) in [6.07, 6.45) is 4.78. The van der Waals surface area contributed by atoms with Crippen LogP contribution in [-0.2, 0) is 16.1 Å². The fourth-order valence-electron chi connectivity index (χ4n) is 2.79. The molecule has 2 aromatic rings. The maximum Gasteiger partial charge on any atom is 0.309 e. The lowest BCUT2D eigenvalue weighted by atomic mass is 10.2. The van der Waals surface area contributed by atoms with Gasteiger partial charge in [0.15, 0.2) is 0 Å². The van der Waals surface area contributed by atoms with Crippen molar-refractivity contribution in [3.8, 4) is 0 Å². The molecule has 2 amide bonds. The van der Waals surface area contributed by atoms with Crippen molar-refractivity contribution in [2.24, 2.45) is 0 Å². The van der Waals surface area contributed by atoms with Crippen LogP contribution in [0.2, 0.25) is 0 Å². The smallest absolute Gasteiger partial charge is 0.309 e. The minimum Gasteiger partial charge on any atom is -0.466 e. The van der Waals surface area contributed by atoms with Gasteiger partial charge < -0.3 is 20.2 Å². The Labute approximate surface area is 143 Å². The first-order valence-electron chi connectivity index (χ1n) is 8.02. The van der Waals surface area contributed by atoms with E-state index in [1.165, 1.54) is 17.6 Å². The van der Waals surface area contributed by atoms with Gasteiger partial charge in [-0.3, -0.25) is 9.59 Å². The Morgan fingerprint density at radius 3 is 2.75 bits per heavy atom. The molecule has 24 heavy (non-hydrogen) atoms. The predicted molar refractivity (Wildman–Crippen MR) is 89.3 cm³/mol. The van der Waals surface area contributed by atoms with Crippen LogP contribution < -0.4 is 10.6 Å². The van der Waals surface area contributed by atoms with Crippen LogP contribution in [0, 0.1) is 0 Å². The third-order valence-corrected chi connectivity index (χ3v) is 5.22. The zero-order valence-electron chi connectivity index (χ0n) is 13.2. The van der Waals surface area contributed by atoms with E-state index < -0.39 is 17.9 Å². The van der Waals surface area contributed by atoms with E-state index in [4.69, 9.17) is 4.42 Å². The Kier molecular flexibility index (Phi) is 5.32. The molecule has 1 atom stereocenters. The Balaban J connectivity index is 1.49. The topological polar surface area (TPSA) is 91.6 Å². The second-order valence-electron chi connectivity index (χ2n) is 5.86. The van der Waals surface area contributed by atoms with Crippen molar-refractivity contribution < 1.29 is 19.1 Å². The number of carbonyl (C=O) groups is 2. The molecule has 128 valence electrons.